The predicted molar refractivity (Wildman–Crippen MR) is 378 cm³/mol. The van der Waals surface area contributed by atoms with Gasteiger partial charge in [0.1, 0.15) is 19.3 Å². The summed E-state index contributed by atoms with van der Waals surface area (Å²) in [4.78, 5) is 38.0. The van der Waals surface area contributed by atoms with Gasteiger partial charge in [0, 0.05) is 12.8 Å². The number of nitrogens with zero attached hydrogens (tertiary/aromatic N) is 1. The Bertz CT molecular complexity index is 1670. The Hall–Kier alpha value is -2.29. The Kier molecular flexibility index (Phi) is 64.9. The van der Waals surface area contributed by atoms with E-state index in [4.69, 9.17) is 13.8 Å². The van der Waals surface area contributed by atoms with Crippen LogP contribution in [-0.2, 0) is 27.9 Å². The number of phosphoric acid groups is 1. The molecule has 9 nitrogen and oxygen atoms in total. The highest BCUT2D eigenvalue weighted by atomic mass is 31.2. The summed E-state index contributed by atoms with van der Waals surface area (Å²) in [6.45, 7) is 7.04. The van der Waals surface area contributed by atoms with Gasteiger partial charge in [-0.2, -0.15) is 0 Å². The molecule has 0 saturated carbocycles. The first-order chi connectivity index (χ1) is 42.4. The Labute approximate surface area is 541 Å². The van der Waals surface area contributed by atoms with Crippen LogP contribution in [0.1, 0.15) is 367 Å². The molecule has 0 aromatic heterocycles. The van der Waals surface area contributed by atoms with Crippen LogP contribution in [0.25, 0.3) is 0 Å². The molecule has 0 heterocycles. The highest BCUT2D eigenvalue weighted by Crippen LogP contribution is 2.43. The number of ether oxygens (including phenoxy) is 1. The number of esters is 1. The minimum absolute atomic E-state index is 0.0408. The van der Waals surface area contributed by atoms with Crippen molar-refractivity contribution >= 4 is 19.7 Å². The second-order valence-corrected chi connectivity index (χ2v) is 28.3. The van der Waals surface area contributed by atoms with Gasteiger partial charge in [-0.15, -0.1) is 0 Å². The third-order valence-electron chi connectivity index (χ3n) is 16.9. The molecule has 1 amide bonds. The minimum Gasteiger partial charge on any atom is -0.456 e. The Morgan fingerprint density at radius 3 is 1.08 bits per heavy atom. The number of likely N-dealkylation sites (N-methyl/N-ethyl adjacent to an activating group) is 1. The third kappa shape index (κ3) is 67.9. The number of amides is 1. The molecule has 2 N–H and O–H groups in total. The number of carbonyl (C=O) groups excluding carboxylic acids is 2. The van der Waals surface area contributed by atoms with Gasteiger partial charge in [-0.25, -0.2) is 4.57 Å². The van der Waals surface area contributed by atoms with Gasteiger partial charge in [0.2, 0.25) is 5.91 Å². The molecule has 0 spiro atoms. The van der Waals surface area contributed by atoms with Crippen LogP contribution in [0.5, 0.6) is 0 Å². The van der Waals surface area contributed by atoms with Crippen LogP contribution in [0.2, 0.25) is 0 Å². The second kappa shape index (κ2) is 66.6. The van der Waals surface area contributed by atoms with Gasteiger partial charge in [0.15, 0.2) is 0 Å². The minimum atomic E-state index is -4.46. The van der Waals surface area contributed by atoms with E-state index in [1.807, 2.05) is 27.2 Å². The largest absolute Gasteiger partial charge is 0.472 e. The van der Waals surface area contributed by atoms with Crippen molar-refractivity contribution in [2.75, 3.05) is 40.9 Å². The normalized spacial score (nSPS) is 13.8. The van der Waals surface area contributed by atoms with Crippen molar-refractivity contribution in [3.8, 4) is 0 Å². The molecule has 0 fully saturated rings. The molecule has 3 atom stereocenters. The SMILES string of the molecule is CCCCC/C=C\C/C=C\C/C=C\CCCCCCCCCCCCCCCCC(=O)OC(/C=C\CCCCCCCCCCCCC)C(COP(=O)(O)OCC[N+](C)(C)C)NC(=O)CCCCCCCCCCCCC/C=C/CCCCCCCC. The van der Waals surface area contributed by atoms with Gasteiger partial charge >= 0.3 is 13.8 Å². The molecule has 3 unspecified atom stereocenters. The first-order valence-electron chi connectivity index (χ1n) is 37.6. The van der Waals surface area contributed by atoms with Crippen molar-refractivity contribution in [3.05, 3.63) is 60.8 Å². The third-order valence-corrected chi connectivity index (χ3v) is 17.9. The first-order valence-corrected chi connectivity index (χ1v) is 39.1. The molecule has 0 saturated heterocycles. The van der Waals surface area contributed by atoms with Gasteiger partial charge in [-0.05, 0) is 96.0 Å². The highest BCUT2D eigenvalue weighted by Gasteiger charge is 2.30. The van der Waals surface area contributed by atoms with Gasteiger partial charge in [0.25, 0.3) is 0 Å². The van der Waals surface area contributed by atoms with E-state index in [1.165, 1.54) is 263 Å². The topological polar surface area (TPSA) is 111 Å². The number of hydrogen-bond acceptors (Lipinski definition) is 6. The molecule has 0 bridgehead atoms. The molecule has 0 aliphatic carbocycles. The molecule has 0 aliphatic heterocycles. The van der Waals surface area contributed by atoms with Gasteiger partial charge in [0.05, 0.1) is 33.8 Å². The zero-order valence-corrected chi connectivity index (χ0v) is 59.4. The maximum atomic E-state index is 13.6. The van der Waals surface area contributed by atoms with Crippen molar-refractivity contribution in [1.29, 1.82) is 0 Å². The molecular weight excluding hydrogens is 1100 g/mol. The highest BCUT2D eigenvalue weighted by molar-refractivity contribution is 7.47. The van der Waals surface area contributed by atoms with Crippen LogP contribution in [0.3, 0.4) is 0 Å². The van der Waals surface area contributed by atoms with Crippen LogP contribution in [-0.4, -0.2) is 74.3 Å². The van der Waals surface area contributed by atoms with Crippen LogP contribution in [0.4, 0.5) is 0 Å². The zero-order valence-electron chi connectivity index (χ0n) is 58.5. The van der Waals surface area contributed by atoms with Crippen molar-refractivity contribution in [2.45, 2.75) is 380 Å². The summed E-state index contributed by atoms with van der Waals surface area (Å²) in [6, 6.07) is -0.850. The number of nitrogens with one attached hydrogen (secondary N) is 1. The number of rotatable bonds is 69. The number of carbonyl (C=O) groups is 2. The monoisotopic (exact) mass is 1240 g/mol. The van der Waals surface area contributed by atoms with Crippen molar-refractivity contribution in [2.24, 2.45) is 0 Å². The van der Waals surface area contributed by atoms with Crippen molar-refractivity contribution in [3.63, 3.8) is 0 Å². The summed E-state index contributed by atoms with van der Waals surface area (Å²) >= 11 is 0. The quantitative estimate of drug-likeness (QED) is 0.0205. The summed E-state index contributed by atoms with van der Waals surface area (Å²) in [5, 5.41) is 3.08. The molecule has 10 heteroatoms. The molecule has 0 rings (SSSR count). The summed E-state index contributed by atoms with van der Waals surface area (Å²) in [7, 11) is 1.51. The molecule has 87 heavy (non-hydrogen) atoms. The average molecular weight is 1240 g/mol. The Morgan fingerprint density at radius 2 is 0.701 bits per heavy atom. The zero-order chi connectivity index (χ0) is 63.5. The smallest absolute Gasteiger partial charge is 0.456 e. The van der Waals surface area contributed by atoms with Crippen LogP contribution in [0, 0.1) is 0 Å². The lowest BCUT2D eigenvalue weighted by Gasteiger charge is -2.27. The number of unbranched alkanes of at least 4 members (excludes halogenated alkanes) is 45. The average Bonchev–Trinajstić information content (AvgIpc) is 3.70. The fraction of sp³-hybridized carbons (Fsp3) is 0.844. The Balaban J connectivity index is 5.02. The summed E-state index contributed by atoms with van der Waals surface area (Å²) in [6.07, 6.45) is 86.6. The standard InChI is InChI=1S/C77H145N2O7P/c1-7-10-13-16-19-22-25-28-30-32-34-36-37-38-39-40-41-43-45-47-49-52-55-58-61-64-67-70-77(81)86-75(68-65-62-59-56-53-50-27-24-21-18-15-12-9-3)74(73-85-87(82,83)84-72-71-79(4,5)6)78-76(80)69-66-63-60-57-54-51-48-46-44-42-35-33-31-29-26-23-20-17-14-11-8-2/h19,22,28-31,34,36,65,68,74-75H,7-18,20-21,23-27,32-33,35,37-64,66-67,69-73H2,1-6H3,(H-,78,80,82,83)/p+1/b22-19-,30-28-,31-29+,36-34-,68-65-. The molecule has 0 radical (unpaired) electrons. The van der Waals surface area contributed by atoms with E-state index in [1.54, 1.807) is 0 Å². The summed E-state index contributed by atoms with van der Waals surface area (Å²) < 4.78 is 30.9. The number of quaternary nitrogens is 1. The molecule has 0 aliphatic rings. The fourth-order valence-electron chi connectivity index (χ4n) is 11.1. The number of allylic oxidation sites excluding steroid dienone is 9. The van der Waals surface area contributed by atoms with Crippen LogP contribution < -0.4 is 5.32 Å². The molecule has 0 aromatic carbocycles. The van der Waals surface area contributed by atoms with Crippen molar-refractivity contribution < 1.29 is 37.3 Å². The predicted octanol–water partition coefficient (Wildman–Crippen LogP) is 24.1. The van der Waals surface area contributed by atoms with Gasteiger partial charge in [-0.1, -0.05) is 319 Å². The van der Waals surface area contributed by atoms with E-state index in [2.05, 4.69) is 80.8 Å². The van der Waals surface area contributed by atoms with Crippen molar-refractivity contribution in [1.82, 2.24) is 5.32 Å². The Morgan fingerprint density at radius 1 is 0.402 bits per heavy atom. The van der Waals surface area contributed by atoms with E-state index >= 15 is 0 Å². The second-order valence-electron chi connectivity index (χ2n) is 26.8. The van der Waals surface area contributed by atoms with Gasteiger partial charge < -0.3 is 19.4 Å². The lowest BCUT2D eigenvalue weighted by Crippen LogP contribution is -2.47. The van der Waals surface area contributed by atoms with E-state index in [0.29, 0.717) is 23.9 Å². The molecule has 0 aromatic rings. The molecule has 510 valence electrons. The van der Waals surface area contributed by atoms with E-state index < -0.39 is 20.0 Å². The number of hydrogen-bond donors (Lipinski definition) is 2. The maximum Gasteiger partial charge on any atom is 0.472 e. The van der Waals surface area contributed by atoms with E-state index in [-0.39, 0.29) is 25.1 Å². The summed E-state index contributed by atoms with van der Waals surface area (Å²) in [5.74, 6) is -0.490. The lowest BCUT2D eigenvalue weighted by atomic mass is 10.0. The first kappa shape index (κ1) is 84.7. The van der Waals surface area contributed by atoms with Crippen LogP contribution >= 0.6 is 7.82 Å². The van der Waals surface area contributed by atoms with Crippen LogP contribution in [0.15, 0.2) is 60.8 Å². The van der Waals surface area contributed by atoms with E-state index in [9.17, 15) is 19.0 Å². The maximum absolute atomic E-state index is 13.6. The lowest BCUT2D eigenvalue weighted by molar-refractivity contribution is -0.870. The van der Waals surface area contributed by atoms with E-state index in [0.717, 1.165) is 70.6 Å². The number of phosphoric ester groups is 1. The molecular formula is C77H146N2O7P+. The fourth-order valence-corrected chi connectivity index (χ4v) is 11.9. The van der Waals surface area contributed by atoms with Gasteiger partial charge in [-0.3, -0.25) is 18.6 Å². The summed E-state index contributed by atoms with van der Waals surface area (Å²) in [5.41, 5.74) is 0.